The summed E-state index contributed by atoms with van der Waals surface area (Å²) in [6, 6.07) is 1.83. The summed E-state index contributed by atoms with van der Waals surface area (Å²) in [5.41, 5.74) is 2.38. The topological polar surface area (TPSA) is 105 Å². The average molecular weight is 459 g/mol. The molecule has 12 heteroatoms. The monoisotopic (exact) mass is 458 g/mol. The standard InChI is InChI=1S/C19H25F3N6O2S/c1-31(29,30)26-9-7-16-27-15-10-24-18-14(6-8-23-18)17(15)28(16)13-4-2-12(3-5-13)25-11-19(20,21)22/h6,8,10,12-13,25-26H,2-5,7,9,11H2,1H3,(H,23,24)/t12-,13-. The molecule has 4 rings (SSSR count). The number of fused-ring (bicyclic) bond motifs is 3. The molecule has 170 valence electrons. The Hall–Kier alpha value is -2.18. The summed E-state index contributed by atoms with van der Waals surface area (Å²) in [6.45, 7) is -0.761. The van der Waals surface area contributed by atoms with E-state index < -0.39 is 22.7 Å². The Morgan fingerprint density at radius 1 is 1.26 bits per heavy atom. The Balaban J connectivity index is 1.60. The summed E-state index contributed by atoms with van der Waals surface area (Å²) < 4.78 is 65.1. The third-order valence-corrected chi connectivity index (χ3v) is 6.40. The Morgan fingerprint density at radius 3 is 2.68 bits per heavy atom. The van der Waals surface area contributed by atoms with Crippen molar-refractivity contribution >= 4 is 32.1 Å². The summed E-state index contributed by atoms with van der Waals surface area (Å²) >= 11 is 0. The second-order valence-corrected chi connectivity index (χ2v) is 9.88. The van der Waals surface area contributed by atoms with Crippen molar-refractivity contribution in [3.8, 4) is 0 Å². The van der Waals surface area contributed by atoms with Crippen molar-refractivity contribution in [1.29, 1.82) is 0 Å². The van der Waals surface area contributed by atoms with Crippen molar-refractivity contribution in [2.45, 2.75) is 50.4 Å². The molecule has 0 atom stereocenters. The number of imidazole rings is 1. The van der Waals surface area contributed by atoms with Crippen LogP contribution in [0.1, 0.15) is 37.5 Å². The van der Waals surface area contributed by atoms with E-state index in [-0.39, 0.29) is 18.6 Å². The zero-order valence-corrected chi connectivity index (χ0v) is 17.9. The Labute approximate surface area is 177 Å². The molecule has 8 nitrogen and oxygen atoms in total. The van der Waals surface area contributed by atoms with E-state index >= 15 is 0 Å². The van der Waals surface area contributed by atoms with Gasteiger partial charge in [-0.25, -0.2) is 23.1 Å². The number of nitrogens with zero attached hydrogens (tertiary/aromatic N) is 3. The fraction of sp³-hybridized carbons (Fsp3) is 0.579. The second-order valence-electron chi connectivity index (χ2n) is 8.05. The first-order chi connectivity index (χ1) is 14.6. The van der Waals surface area contributed by atoms with E-state index in [2.05, 4.69) is 24.6 Å². The second kappa shape index (κ2) is 8.40. The maximum atomic E-state index is 12.5. The number of alkyl halides is 3. The molecule has 3 aromatic rings. The van der Waals surface area contributed by atoms with E-state index in [1.54, 1.807) is 12.4 Å². The van der Waals surface area contributed by atoms with Crippen LogP contribution in [0.15, 0.2) is 18.5 Å². The van der Waals surface area contributed by atoms with Crippen molar-refractivity contribution in [3.05, 3.63) is 24.3 Å². The molecule has 3 N–H and O–H groups in total. The number of nitrogens with one attached hydrogen (secondary N) is 3. The number of aromatic nitrogens is 4. The van der Waals surface area contributed by atoms with Gasteiger partial charge in [0.25, 0.3) is 0 Å². The van der Waals surface area contributed by atoms with Crippen LogP contribution in [0.5, 0.6) is 0 Å². The normalized spacial score (nSPS) is 20.6. The van der Waals surface area contributed by atoms with Crippen LogP contribution in [-0.4, -0.2) is 59.5 Å². The van der Waals surface area contributed by atoms with E-state index in [4.69, 9.17) is 4.98 Å². The van der Waals surface area contributed by atoms with Crippen LogP contribution in [0.2, 0.25) is 0 Å². The van der Waals surface area contributed by atoms with Gasteiger partial charge >= 0.3 is 6.18 Å². The molecule has 0 aliphatic heterocycles. The molecule has 1 aliphatic carbocycles. The van der Waals surface area contributed by atoms with Crippen molar-refractivity contribution in [2.75, 3.05) is 19.3 Å². The Bertz CT molecular complexity index is 1160. The lowest BCUT2D eigenvalue weighted by Gasteiger charge is -2.31. The average Bonchev–Trinajstić information content (AvgIpc) is 3.29. The van der Waals surface area contributed by atoms with E-state index in [0.717, 1.165) is 34.1 Å². The maximum Gasteiger partial charge on any atom is 0.401 e. The lowest BCUT2D eigenvalue weighted by atomic mass is 9.90. The van der Waals surface area contributed by atoms with Gasteiger partial charge in [0, 0.05) is 36.6 Å². The van der Waals surface area contributed by atoms with E-state index in [0.29, 0.717) is 32.1 Å². The minimum Gasteiger partial charge on any atom is -0.346 e. The highest BCUT2D eigenvalue weighted by Gasteiger charge is 2.31. The minimum absolute atomic E-state index is 0.0719. The van der Waals surface area contributed by atoms with Gasteiger partial charge in [0.15, 0.2) is 0 Å². The summed E-state index contributed by atoms with van der Waals surface area (Å²) in [7, 11) is -3.32. The van der Waals surface area contributed by atoms with Gasteiger partial charge < -0.3 is 14.9 Å². The predicted molar refractivity (Wildman–Crippen MR) is 111 cm³/mol. The first kappa shape index (κ1) is 22.0. The van der Waals surface area contributed by atoms with Crippen LogP contribution < -0.4 is 10.0 Å². The van der Waals surface area contributed by atoms with Crippen molar-refractivity contribution in [1.82, 2.24) is 29.6 Å². The summed E-state index contributed by atoms with van der Waals surface area (Å²) in [5, 5.41) is 3.53. The number of hydrogen-bond acceptors (Lipinski definition) is 5. The molecule has 3 aromatic heterocycles. The molecule has 0 aromatic carbocycles. The molecule has 0 radical (unpaired) electrons. The van der Waals surface area contributed by atoms with Crippen LogP contribution >= 0.6 is 0 Å². The minimum atomic E-state index is -4.22. The molecular weight excluding hydrogens is 433 g/mol. The first-order valence-electron chi connectivity index (χ1n) is 10.2. The number of H-pyrrole nitrogens is 1. The third kappa shape index (κ3) is 5.18. The van der Waals surface area contributed by atoms with Gasteiger partial charge in [0.05, 0.1) is 24.5 Å². The van der Waals surface area contributed by atoms with Gasteiger partial charge in [0.2, 0.25) is 10.0 Å². The third-order valence-electron chi connectivity index (χ3n) is 5.67. The SMILES string of the molecule is CS(=O)(=O)NCCc1nc2cnc3[nH]ccc3c2n1[C@H]1CC[C@H](NCC(F)(F)F)CC1. The zero-order chi connectivity index (χ0) is 22.2. The number of aromatic amines is 1. The molecule has 0 amide bonds. The summed E-state index contributed by atoms with van der Waals surface area (Å²) in [5.74, 6) is 0.744. The van der Waals surface area contributed by atoms with E-state index in [1.165, 1.54) is 0 Å². The van der Waals surface area contributed by atoms with Gasteiger partial charge in [-0.05, 0) is 31.7 Å². The fourth-order valence-electron chi connectivity index (χ4n) is 4.36. The summed E-state index contributed by atoms with van der Waals surface area (Å²) in [4.78, 5) is 12.2. The molecule has 0 unspecified atom stereocenters. The number of rotatable bonds is 7. The molecule has 1 fully saturated rings. The Morgan fingerprint density at radius 2 is 2.00 bits per heavy atom. The predicted octanol–water partition coefficient (Wildman–Crippen LogP) is 2.64. The van der Waals surface area contributed by atoms with Crippen LogP contribution in [0, 0.1) is 0 Å². The smallest absolute Gasteiger partial charge is 0.346 e. The van der Waals surface area contributed by atoms with E-state index in [1.807, 2.05) is 6.07 Å². The molecular formula is C19H25F3N6O2S. The molecule has 3 heterocycles. The van der Waals surface area contributed by atoms with Gasteiger partial charge in [-0.3, -0.25) is 0 Å². The summed E-state index contributed by atoms with van der Waals surface area (Å²) in [6.07, 6.45) is 3.46. The number of halogens is 3. The van der Waals surface area contributed by atoms with E-state index in [9.17, 15) is 21.6 Å². The van der Waals surface area contributed by atoms with Crippen molar-refractivity contribution < 1.29 is 21.6 Å². The van der Waals surface area contributed by atoms with Crippen LogP contribution in [0.4, 0.5) is 13.2 Å². The first-order valence-corrected chi connectivity index (χ1v) is 12.1. The zero-order valence-electron chi connectivity index (χ0n) is 17.0. The molecule has 0 spiro atoms. The fourth-order valence-corrected chi connectivity index (χ4v) is 4.83. The molecule has 1 saturated carbocycles. The quantitative estimate of drug-likeness (QED) is 0.505. The lowest BCUT2D eigenvalue weighted by molar-refractivity contribution is -0.126. The van der Waals surface area contributed by atoms with Crippen LogP contribution in [0.3, 0.4) is 0 Å². The van der Waals surface area contributed by atoms with Crippen LogP contribution in [-0.2, 0) is 16.4 Å². The molecule has 0 bridgehead atoms. The molecule has 0 saturated heterocycles. The number of sulfonamides is 1. The number of pyridine rings is 1. The maximum absolute atomic E-state index is 12.5. The highest BCUT2D eigenvalue weighted by molar-refractivity contribution is 7.88. The van der Waals surface area contributed by atoms with Crippen LogP contribution in [0.25, 0.3) is 22.1 Å². The Kier molecular flexibility index (Phi) is 5.97. The van der Waals surface area contributed by atoms with Gasteiger partial charge in [0.1, 0.15) is 17.0 Å². The number of hydrogen-bond donors (Lipinski definition) is 3. The van der Waals surface area contributed by atoms with Gasteiger partial charge in [-0.2, -0.15) is 13.2 Å². The highest BCUT2D eigenvalue weighted by atomic mass is 32.2. The van der Waals surface area contributed by atoms with Crippen molar-refractivity contribution in [3.63, 3.8) is 0 Å². The highest BCUT2D eigenvalue weighted by Crippen LogP contribution is 2.35. The van der Waals surface area contributed by atoms with Gasteiger partial charge in [-0.15, -0.1) is 0 Å². The molecule has 31 heavy (non-hydrogen) atoms. The lowest BCUT2D eigenvalue weighted by Crippen LogP contribution is -2.39. The largest absolute Gasteiger partial charge is 0.401 e. The van der Waals surface area contributed by atoms with Crippen molar-refractivity contribution in [2.24, 2.45) is 0 Å². The molecule has 1 aliphatic rings. The van der Waals surface area contributed by atoms with Gasteiger partial charge in [-0.1, -0.05) is 0 Å².